The standard InChI is InChI=1S/C23H25Cl3FNO4S/c1-2-3-4-9-32-22-19(25)11-15(12-20(22)26)23(29)28(16-8-10-33(30,31)14-16)13-17-18(24)6-5-7-21(17)27/h5-7,11-12,16H,2-4,8-10,13-14H2,1H3. The van der Waals surface area contributed by atoms with E-state index in [-0.39, 0.29) is 56.4 Å². The smallest absolute Gasteiger partial charge is 0.254 e. The normalized spacial score (nSPS) is 17.2. The maximum atomic E-state index is 14.5. The first-order valence-electron chi connectivity index (χ1n) is 10.7. The second-order valence-corrected chi connectivity index (χ2v) is 11.5. The molecule has 1 heterocycles. The summed E-state index contributed by atoms with van der Waals surface area (Å²) in [7, 11) is -3.30. The molecular formula is C23H25Cl3FNO4S. The Morgan fingerprint density at radius 2 is 1.85 bits per heavy atom. The molecule has 2 aromatic carbocycles. The average molecular weight is 537 g/mol. The van der Waals surface area contributed by atoms with Crippen molar-refractivity contribution in [1.82, 2.24) is 4.90 Å². The summed E-state index contributed by atoms with van der Waals surface area (Å²) < 4.78 is 44.3. The molecular weight excluding hydrogens is 512 g/mol. The number of amides is 1. The lowest BCUT2D eigenvalue weighted by atomic mass is 10.1. The predicted octanol–water partition coefficient (Wildman–Crippen LogP) is 6.18. The Morgan fingerprint density at radius 1 is 1.15 bits per heavy atom. The van der Waals surface area contributed by atoms with Crippen molar-refractivity contribution in [3.8, 4) is 5.75 Å². The van der Waals surface area contributed by atoms with Crippen LogP contribution in [0.3, 0.4) is 0 Å². The third-order valence-corrected chi connectivity index (χ3v) is 8.21. The summed E-state index contributed by atoms with van der Waals surface area (Å²) in [5, 5.41) is 0.496. The highest BCUT2D eigenvalue weighted by atomic mass is 35.5. The van der Waals surface area contributed by atoms with E-state index in [1.54, 1.807) is 0 Å². The molecule has 0 saturated carbocycles. The van der Waals surface area contributed by atoms with Crippen molar-refractivity contribution in [2.24, 2.45) is 0 Å². The molecule has 0 bridgehead atoms. The molecule has 3 rings (SSSR count). The van der Waals surface area contributed by atoms with Crippen LogP contribution in [0.15, 0.2) is 30.3 Å². The molecule has 1 aliphatic heterocycles. The van der Waals surface area contributed by atoms with E-state index in [0.717, 1.165) is 19.3 Å². The van der Waals surface area contributed by atoms with E-state index in [2.05, 4.69) is 6.92 Å². The zero-order chi connectivity index (χ0) is 24.2. The molecule has 2 aromatic rings. The summed E-state index contributed by atoms with van der Waals surface area (Å²) in [5.41, 5.74) is 0.271. The van der Waals surface area contributed by atoms with Gasteiger partial charge in [-0.3, -0.25) is 4.79 Å². The Labute approximate surface area is 208 Å². The van der Waals surface area contributed by atoms with Gasteiger partial charge < -0.3 is 9.64 Å². The van der Waals surface area contributed by atoms with Crippen molar-refractivity contribution in [2.45, 2.75) is 45.2 Å². The van der Waals surface area contributed by atoms with Gasteiger partial charge in [0.05, 0.1) is 34.7 Å². The Balaban J connectivity index is 1.91. The molecule has 0 spiro atoms. The Kier molecular flexibility index (Phi) is 8.89. The highest BCUT2D eigenvalue weighted by Crippen LogP contribution is 2.36. The van der Waals surface area contributed by atoms with Crippen LogP contribution in [0.4, 0.5) is 4.39 Å². The van der Waals surface area contributed by atoms with Crippen LogP contribution in [0.25, 0.3) is 0 Å². The molecule has 0 N–H and O–H groups in total. The van der Waals surface area contributed by atoms with Crippen LogP contribution in [0.2, 0.25) is 15.1 Å². The molecule has 1 atom stereocenters. The molecule has 5 nitrogen and oxygen atoms in total. The minimum absolute atomic E-state index is 0.0432. The number of carbonyl (C=O) groups is 1. The van der Waals surface area contributed by atoms with Gasteiger partial charge in [0.2, 0.25) is 0 Å². The largest absolute Gasteiger partial charge is 0.490 e. The van der Waals surface area contributed by atoms with E-state index in [0.29, 0.717) is 6.61 Å². The number of hydrogen-bond acceptors (Lipinski definition) is 4. The van der Waals surface area contributed by atoms with Crippen LogP contribution >= 0.6 is 34.8 Å². The lowest BCUT2D eigenvalue weighted by Gasteiger charge is -2.29. The Hall–Kier alpha value is -1.54. The van der Waals surface area contributed by atoms with Gasteiger partial charge in [-0.2, -0.15) is 0 Å². The number of sulfone groups is 1. The van der Waals surface area contributed by atoms with Crippen molar-refractivity contribution in [3.05, 3.63) is 62.3 Å². The number of halogens is 4. The molecule has 0 radical (unpaired) electrons. The van der Waals surface area contributed by atoms with Crippen LogP contribution in [0.5, 0.6) is 5.75 Å². The number of unbranched alkanes of at least 4 members (excludes halogenated alkanes) is 2. The summed E-state index contributed by atoms with van der Waals surface area (Å²) in [6.07, 6.45) is 3.14. The average Bonchev–Trinajstić information content (AvgIpc) is 3.11. The minimum Gasteiger partial charge on any atom is -0.490 e. The first-order valence-corrected chi connectivity index (χ1v) is 13.6. The maximum absolute atomic E-state index is 14.5. The highest BCUT2D eigenvalue weighted by Gasteiger charge is 2.36. The summed E-state index contributed by atoms with van der Waals surface area (Å²) in [6, 6.07) is 6.47. The van der Waals surface area contributed by atoms with Crippen LogP contribution in [-0.4, -0.2) is 43.4 Å². The molecule has 1 aliphatic rings. The summed E-state index contributed by atoms with van der Waals surface area (Å²) >= 11 is 18.9. The SMILES string of the molecule is CCCCCOc1c(Cl)cc(C(=O)N(Cc2c(F)cccc2Cl)C2CCS(=O)(=O)C2)cc1Cl. The quantitative estimate of drug-likeness (QED) is 0.359. The molecule has 180 valence electrons. The van der Waals surface area contributed by atoms with Gasteiger partial charge >= 0.3 is 0 Å². The maximum Gasteiger partial charge on any atom is 0.254 e. The van der Waals surface area contributed by atoms with Crippen molar-refractivity contribution >= 4 is 50.5 Å². The zero-order valence-electron chi connectivity index (χ0n) is 18.1. The number of hydrogen-bond donors (Lipinski definition) is 0. The molecule has 1 unspecified atom stereocenters. The van der Waals surface area contributed by atoms with E-state index in [1.807, 2.05) is 0 Å². The second kappa shape index (κ2) is 11.3. The van der Waals surface area contributed by atoms with E-state index >= 15 is 0 Å². The number of benzene rings is 2. The molecule has 10 heteroatoms. The van der Waals surface area contributed by atoms with E-state index in [4.69, 9.17) is 39.5 Å². The fourth-order valence-electron chi connectivity index (χ4n) is 3.76. The van der Waals surface area contributed by atoms with E-state index < -0.39 is 27.6 Å². The van der Waals surface area contributed by atoms with Crippen molar-refractivity contribution in [1.29, 1.82) is 0 Å². The first kappa shape index (κ1) is 26.1. The topological polar surface area (TPSA) is 63.7 Å². The third-order valence-electron chi connectivity index (χ3n) is 5.54. The van der Waals surface area contributed by atoms with Gasteiger partial charge in [0.15, 0.2) is 15.6 Å². The van der Waals surface area contributed by atoms with Crippen LogP contribution in [0, 0.1) is 5.82 Å². The van der Waals surface area contributed by atoms with Gasteiger partial charge in [0, 0.05) is 22.2 Å². The molecule has 33 heavy (non-hydrogen) atoms. The fourth-order valence-corrected chi connectivity index (χ4v) is 6.30. The first-order chi connectivity index (χ1) is 15.6. The van der Waals surface area contributed by atoms with Crippen LogP contribution < -0.4 is 4.74 Å². The lowest BCUT2D eigenvalue weighted by Crippen LogP contribution is -2.41. The fraction of sp³-hybridized carbons (Fsp3) is 0.435. The van der Waals surface area contributed by atoms with Gasteiger partial charge in [-0.15, -0.1) is 0 Å². The number of rotatable bonds is 9. The van der Waals surface area contributed by atoms with E-state index in [9.17, 15) is 17.6 Å². The van der Waals surface area contributed by atoms with Gasteiger partial charge in [0.1, 0.15) is 5.82 Å². The van der Waals surface area contributed by atoms with Crippen molar-refractivity contribution in [2.75, 3.05) is 18.1 Å². The molecule has 0 aromatic heterocycles. The Bertz CT molecular complexity index is 1080. The summed E-state index contributed by atoms with van der Waals surface area (Å²) in [4.78, 5) is 14.8. The summed E-state index contributed by atoms with van der Waals surface area (Å²) in [5.74, 6) is -1.05. The number of ether oxygens (including phenoxy) is 1. The third kappa shape index (κ3) is 6.53. The Morgan fingerprint density at radius 3 is 2.42 bits per heavy atom. The van der Waals surface area contributed by atoms with Gasteiger partial charge in [-0.25, -0.2) is 12.8 Å². The van der Waals surface area contributed by atoms with E-state index in [1.165, 1.54) is 35.2 Å². The predicted molar refractivity (Wildman–Crippen MR) is 130 cm³/mol. The van der Waals surface area contributed by atoms with Crippen molar-refractivity contribution < 1.29 is 22.3 Å². The highest BCUT2D eigenvalue weighted by molar-refractivity contribution is 7.91. The molecule has 1 fully saturated rings. The van der Waals surface area contributed by atoms with Gasteiger partial charge in [-0.05, 0) is 37.1 Å². The zero-order valence-corrected chi connectivity index (χ0v) is 21.2. The second-order valence-electron chi connectivity index (χ2n) is 8.01. The molecule has 1 amide bonds. The van der Waals surface area contributed by atoms with Crippen molar-refractivity contribution in [3.63, 3.8) is 0 Å². The molecule has 1 saturated heterocycles. The monoisotopic (exact) mass is 535 g/mol. The number of nitrogens with zero attached hydrogens (tertiary/aromatic N) is 1. The van der Waals surface area contributed by atoms with Crippen LogP contribution in [-0.2, 0) is 16.4 Å². The lowest BCUT2D eigenvalue weighted by molar-refractivity contribution is 0.0679. The summed E-state index contributed by atoms with van der Waals surface area (Å²) in [6.45, 7) is 2.34. The van der Waals surface area contributed by atoms with Gasteiger partial charge in [0.25, 0.3) is 5.91 Å². The molecule has 0 aliphatic carbocycles. The number of carbonyl (C=O) groups excluding carboxylic acids is 1. The van der Waals surface area contributed by atoms with Gasteiger partial charge in [-0.1, -0.05) is 60.6 Å². The minimum atomic E-state index is -3.30. The van der Waals surface area contributed by atoms with Crippen LogP contribution in [0.1, 0.15) is 48.5 Å².